The van der Waals surface area contributed by atoms with E-state index in [0.29, 0.717) is 35.4 Å². The number of nitrogens with one attached hydrogen (secondary N) is 1. The molecule has 1 aliphatic rings. The number of hydrogen-bond acceptors (Lipinski definition) is 6. The van der Waals surface area contributed by atoms with Gasteiger partial charge in [0.05, 0.1) is 17.9 Å². The Bertz CT molecular complexity index is 884. The maximum atomic E-state index is 13.4. The fraction of sp³-hybridized carbons (Fsp3) is 0.545. The van der Waals surface area contributed by atoms with Crippen LogP contribution in [0.25, 0.3) is 0 Å². The molecule has 1 fully saturated rings. The molecule has 1 aliphatic heterocycles. The first-order chi connectivity index (χ1) is 14.1. The van der Waals surface area contributed by atoms with Gasteiger partial charge in [0, 0.05) is 28.9 Å². The minimum absolute atomic E-state index is 0.00280. The molecule has 2 aromatic rings. The van der Waals surface area contributed by atoms with Crippen molar-refractivity contribution in [2.45, 2.75) is 52.4 Å². The van der Waals surface area contributed by atoms with Crippen LogP contribution in [0.15, 0.2) is 29.6 Å². The Morgan fingerprint density at radius 3 is 2.53 bits per heavy atom. The van der Waals surface area contributed by atoms with Crippen LogP contribution in [0.5, 0.6) is 0 Å². The highest BCUT2D eigenvalue weighted by molar-refractivity contribution is 7.13. The van der Waals surface area contributed by atoms with Crippen LogP contribution >= 0.6 is 22.9 Å². The van der Waals surface area contributed by atoms with Crippen LogP contribution in [0.3, 0.4) is 0 Å². The maximum Gasteiger partial charge on any atom is 0.245 e. The summed E-state index contributed by atoms with van der Waals surface area (Å²) in [4.78, 5) is 19.5. The molecular formula is C22H30ClN3O3S. The van der Waals surface area contributed by atoms with Gasteiger partial charge in [0.1, 0.15) is 6.04 Å². The first kappa shape index (κ1) is 23.0. The van der Waals surface area contributed by atoms with Crippen molar-refractivity contribution in [2.24, 2.45) is 11.3 Å². The highest BCUT2D eigenvalue weighted by Crippen LogP contribution is 2.46. The van der Waals surface area contributed by atoms with Gasteiger partial charge in [0.25, 0.3) is 0 Å². The molecule has 8 heteroatoms. The molecule has 0 aliphatic carbocycles. The predicted molar refractivity (Wildman–Crippen MR) is 121 cm³/mol. The van der Waals surface area contributed by atoms with E-state index in [4.69, 9.17) is 11.6 Å². The van der Waals surface area contributed by atoms with E-state index >= 15 is 0 Å². The van der Waals surface area contributed by atoms with Crippen molar-refractivity contribution in [3.8, 4) is 0 Å². The summed E-state index contributed by atoms with van der Waals surface area (Å²) in [5.74, 6) is 0.0520. The number of carbonyl (C=O) groups is 1. The zero-order valence-corrected chi connectivity index (χ0v) is 19.4. The molecule has 1 amide bonds. The standard InChI is InChI=1S/C22H30ClN3O3S/c1-14(2)18(25-20-24-17(11-27)12-30-20)19(28)26-10-9-22(29,21(3,4)13-26)15-5-7-16(23)8-6-15/h5-8,12,14,18,27,29H,9-11,13H2,1-4H3,(H,24,25)/t18-,22+/m1/s1. The Morgan fingerprint density at radius 1 is 1.33 bits per heavy atom. The number of carbonyl (C=O) groups excluding carboxylic acids is 1. The molecular weight excluding hydrogens is 422 g/mol. The zero-order valence-electron chi connectivity index (χ0n) is 17.9. The van der Waals surface area contributed by atoms with Gasteiger partial charge in [0.2, 0.25) is 5.91 Å². The average Bonchev–Trinajstić information content (AvgIpc) is 3.15. The number of likely N-dealkylation sites (tertiary alicyclic amines) is 1. The van der Waals surface area contributed by atoms with Gasteiger partial charge >= 0.3 is 0 Å². The lowest BCUT2D eigenvalue weighted by Gasteiger charge is -2.51. The van der Waals surface area contributed by atoms with Gasteiger partial charge in [-0.25, -0.2) is 4.98 Å². The quantitative estimate of drug-likeness (QED) is 0.620. The minimum Gasteiger partial charge on any atom is -0.390 e. The molecule has 30 heavy (non-hydrogen) atoms. The smallest absolute Gasteiger partial charge is 0.245 e. The second-order valence-corrected chi connectivity index (χ2v) is 10.2. The number of halogens is 1. The van der Waals surface area contributed by atoms with Crippen LogP contribution in [0.2, 0.25) is 5.02 Å². The molecule has 1 aromatic heterocycles. The van der Waals surface area contributed by atoms with Crippen LogP contribution in [0, 0.1) is 11.3 Å². The van der Waals surface area contributed by atoms with Crippen molar-refractivity contribution < 1.29 is 15.0 Å². The summed E-state index contributed by atoms with van der Waals surface area (Å²) in [5.41, 5.74) is -0.173. The lowest BCUT2D eigenvalue weighted by Crippen LogP contribution is -2.59. The van der Waals surface area contributed by atoms with Gasteiger partial charge in [-0.15, -0.1) is 11.3 Å². The number of anilines is 1. The first-order valence-corrected chi connectivity index (χ1v) is 11.4. The normalized spacial score (nSPS) is 22.2. The van der Waals surface area contributed by atoms with E-state index in [2.05, 4.69) is 10.3 Å². The molecule has 0 bridgehead atoms. The molecule has 0 spiro atoms. The molecule has 0 unspecified atom stereocenters. The van der Waals surface area contributed by atoms with Gasteiger partial charge < -0.3 is 20.4 Å². The summed E-state index contributed by atoms with van der Waals surface area (Å²) in [6.07, 6.45) is 0.449. The number of hydrogen-bond donors (Lipinski definition) is 3. The topological polar surface area (TPSA) is 85.7 Å². The number of aliphatic hydroxyl groups excluding tert-OH is 1. The number of amides is 1. The van der Waals surface area contributed by atoms with Crippen molar-refractivity contribution in [3.05, 3.63) is 45.9 Å². The lowest BCUT2D eigenvalue weighted by atomic mass is 9.66. The monoisotopic (exact) mass is 451 g/mol. The zero-order chi connectivity index (χ0) is 22.1. The van der Waals surface area contributed by atoms with Gasteiger partial charge in [0.15, 0.2) is 5.13 Å². The molecule has 0 radical (unpaired) electrons. The third-order valence-electron chi connectivity index (χ3n) is 6.01. The molecule has 164 valence electrons. The van der Waals surface area contributed by atoms with Crippen molar-refractivity contribution in [1.82, 2.24) is 9.88 Å². The Morgan fingerprint density at radius 2 is 2.00 bits per heavy atom. The van der Waals surface area contributed by atoms with Gasteiger partial charge in [-0.2, -0.15) is 0 Å². The van der Waals surface area contributed by atoms with Gasteiger partial charge in [-0.3, -0.25) is 4.79 Å². The average molecular weight is 452 g/mol. The fourth-order valence-corrected chi connectivity index (χ4v) is 4.93. The molecule has 1 aromatic carbocycles. The van der Waals surface area contributed by atoms with E-state index < -0.39 is 17.1 Å². The molecule has 6 nitrogen and oxygen atoms in total. The van der Waals surface area contributed by atoms with Crippen molar-refractivity contribution in [1.29, 1.82) is 0 Å². The number of rotatable bonds is 6. The summed E-state index contributed by atoms with van der Waals surface area (Å²) in [6.45, 7) is 8.76. The van der Waals surface area contributed by atoms with E-state index in [1.54, 1.807) is 17.5 Å². The second kappa shape index (κ2) is 8.83. The summed E-state index contributed by atoms with van der Waals surface area (Å²) in [6, 6.07) is 6.87. The largest absolute Gasteiger partial charge is 0.390 e. The highest BCUT2D eigenvalue weighted by Gasteiger charge is 2.50. The Labute approximate surface area is 186 Å². The van der Waals surface area contributed by atoms with Crippen LogP contribution in [0.1, 0.15) is 45.4 Å². The molecule has 1 saturated heterocycles. The molecule has 3 rings (SSSR count). The first-order valence-electron chi connectivity index (χ1n) is 10.2. The van der Waals surface area contributed by atoms with Gasteiger partial charge in [-0.05, 0) is 30.0 Å². The number of piperidine rings is 1. The van der Waals surface area contributed by atoms with Crippen LogP contribution < -0.4 is 5.32 Å². The van der Waals surface area contributed by atoms with Gasteiger partial charge in [-0.1, -0.05) is 51.4 Å². The van der Waals surface area contributed by atoms with Crippen LogP contribution in [0.4, 0.5) is 5.13 Å². The fourth-order valence-electron chi connectivity index (χ4n) is 4.06. The van der Waals surface area contributed by atoms with E-state index in [0.717, 1.165) is 5.56 Å². The molecule has 3 N–H and O–H groups in total. The van der Waals surface area contributed by atoms with Crippen molar-refractivity contribution in [2.75, 3.05) is 18.4 Å². The minimum atomic E-state index is -1.04. The van der Waals surface area contributed by atoms with Crippen molar-refractivity contribution in [3.63, 3.8) is 0 Å². The second-order valence-electron chi connectivity index (χ2n) is 8.93. The Kier molecular flexibility index (Phi) is 6.77. The highest BCUT2D eigenvalue weighted by atomic mass is 35.5. The molecule has 2 heterocycles. The Hall–Kier alpha value is -1.67. The van der Waals surface area contributed by atoms with E-state index in [-0.39, 0.29) is 18.4 Å². The number of benzene rings is 1. The summed E-state index contributed by atoms with van der Waals surface area (Å²) >= 11 is 7.39. The van der Waals surface area contributed by atoms with Crippen LogP contribution in [-0.4, -0.2) is 45.1 Å². The van der Waals surface area contributed by atoms with Crippen molar-refractivity contribution >= 4 is 34.0 Å². The number of aromatic nitrogens is 1. The molecule has 0 saturated carbocycles. The summed E-state index contributed by atoms with van der Waals surface area (Å²) < 4.78 is 0. The molecule has 2 atom stereocenters. The third-order valence-corrected chi connectivity index (χ3v) is 7.08. The van der Waals surface area contributed by atoms with E-state index in [9.17, 15) is 15.0 Å². The third kappa shape index (κ3) is 4.49. The Balaban J connectivity index is 1.77. The SMILES string of the molecule is CC(C)[C@@H](Nc1nc(CO)cs1)C(=O)N1CC[C@](O)(c2ccc(Cl)cc2)C(C)(C)C1. The number of thiazole rings is 1. The van der Waals surface area contributed by atoms with Crippen LogP contribution in [-0.2, 0) is 17.0 Å². The lowest BCUT2D eigenvalue weighted by molar-refractivity contribution is -0.154. The maximum absolute atomic E-state index is 13.4. The number of nitrogens with zero attached hydrogens (tertiary/aromatic N) is 2. The summed E-state index contributed by atoms with van der Waals surface area (Å²) in [7, 11) is 0. The van der Waals surface area contributed by atoms with E-state index in [1.165, 1.54) is 11.3 Å². The predicted octanol–water partition coefficient (Wildman–Crippen LogP) is 3.87. The number of aliphatic hydroxyl groups is 2. The summed E-state index contributed by atoms with van der Waals surface area (Å²) in [5, 5.41) is 27.1. The van der Waals surface area contributed by atoms with E-state index in [1.807, 2.05) is 44.7 Å².